The van der Waals surface area contributed by atoms with Gasteiger partial charge in [-0.3, -0.25) is 4.79 Å². The maximum absolute atomic E-state index is 12.5. The van der Waals surface area contributed by atoms with Crippen LogP contribution in [0.15, 0.2) is 52.1 Å². The molecule has 0 aliphatic carbocycles. The number of benzene rings is 2. The zero-order valence-corrected chi connectivity index (χ0v) is 10.9. The molecule has 0 saturated heterocycles. The van der Waals surface area contributed by atoms with Crippen LogP contribution in [0.5, 0.6) is 5.75 Å². The summed E-state index contributed by atoms with van der Waals surface area (Å²) in [5, 5.41) is 10.3. The van der Waals surface area contributed by atoms with Crippen molar-refractivity contribution in [2.75, 3.05) is 0 Å². The van der Waals surface area contributed by atoms with Gasteiger partial charge in [0.25, 0.3) is 5.56 Å². The number of nitrogens with zero attached hydrogens (tertiary/aromatic N) is 1. The first kappa shape index (κ1) is 12.5. The summed E-state index contributed by atoms with van der Waals surface area (Å²) in [6, 6.07) is 10.9. The topological polar surface area (TPSA) is 75.1 Å². The summed E-state index contributed by atoms with van der Waals surface area (Å²) in [5.74, 6) is -0.161. The lowest BCUT2D eigenvalue weighted by atomic mass is 10.2. The Hall–Kier alpha value is -2.53. The molecule has 1 aromatic heterocycles. The van der Waals surface area contributed by atoms with Crippen molar-refractivity contribution in [3.8, 4) is 11.4 Å². The van der Waals surface area contributed by atoms with E-state index in [1.54, 1.807) is 30.3 Å². The van der Waals surface area contributed by atoms with Crippen LogP contribution < -0.4 is 11.2 Å². The van der Waals surface area contributed by atoms with Gasteiger partial charge in [-0.15, -0.1) is 0 Å². The predicted octanol–water partition coefficient (Wildman–Crippen LogP) is 2.04. The van der Waals surface area contributed by atoms with E-state index >= 15 is 0 Å². The molecule has 6 heteroatoms. The molecule has 0 fully saturated rings. The summed E-state index contributed by atoms with van der Waals surface area (Å²) in [4.78, 5) is 27.1. The fourth-order valence-electron chi connectivity index (χ4n) is 2.09. The van der Waals surface area contributed by atoms with Crippen LogP contribution in [-0.4, -0.2) is 14.7 Å². The Morgan fingerprint density at radius 1 is 1.05 bits per heavy atom. The second kappa shape index (κ2) is 4.54. The quantitative estimate of drug-likeness (QED) is 0.719. The van der Waals surface area contributed by atoms with E-state index in [0.717, 1.165) is 4.57 Å². The number of rotatable bonds is 1. The molecule has 100 valence electrons. The predicted molar refractivity (Wildman–Crippen MR) is 76.8 cm³/mol. The van der Waals surface area contributed by atoms with Crippen molar-refractivity contribution in [3.63, 3.8) is 0 Å². The minimum Gasteiger partial charge on any atom is -0.506 e. The first-order valence-electron chi connectivity index (χ1n) is 5.81. The highest BCUT2D eigenvalue weighted by Gasteiger charge is 2.13. The average Bonchev–Trinajstić information content (AvgIpc) is 2.40. The lowest BCUT2D eigenvalue weighted by molar-refractivity contribution is 0.471. The number of H-pyrrole nitrogens is 1. The number of aromatic hydroxyl groups is 1. The van der Waals surface area contributed by atoms with Gasteiger partial charge in [0.05, 0.1) is 21.6 Å². The van der Waals surface area contributed by atoms with Crippen molar-refractivity contribution in [1.82, 2.24) is 9.55 Å². The number of para-hydroxylation sites is 2. The van der Waals surface area contributed by atoms with Gasteiger partial charge in [0, 0.05) is 0 Å². The third-order valence-corrected chi connectivity index (χ3v) is 3.31. The Morgan fingerprint density at radius 3 is 2.55 bits per heavy atom. The fraction of sp³-hybridized carbons (Fsp3) is 0. The van der Waals surface area contributed by atoms with Crippen molar-refractivity contribution in [1.29, 1.82) is 0 Å². The van der Waals surface area contributed by atoms with E-state index in [9.17, 15) is 14.7 Å². The average molecular weight is 289 g/mol. The Kier molecular flexibility index (Phi) is 2.84. The smallest absolute Gasteiger partial charge is 0.333 e. The molecule has 1 heterocycles. The number of nitrogens with one attached hydrogen (secondary N) is 1. The van der Waals surface area contributed by atoms with E-state index in [4.69, 9.17) is 11.6 Å². The molecule has 0 aliphatic rings. The van der Waals surface area contributed by atoms with Gasteiger partial charge >= 0.3 is 5.69 Å². The molecule has 0 radical (unpaired) electrons. The van der Waals surface area contributed by atoms with Gasteiger partial charge in [0.2, 0.25) is 0 Å². The summed E-state index contributed by atoms with van der Waals surface area (Å²) in [5.41, 5.74) is -0.734. The van der Waals surface area contributed by atoms with Crippen LogP contribution in [0.4, 0.5) is 0 Å². The zero-order valence-electron chi connectivity index (χ0n) is 10.1. The molecule has 2 N–H and O–H groups in total. The second-order valence-corrected chi connectivity index (χ2v) is 4.63. The van der Waals surface area contributed by atoms with Gasteiger partial charge in [-0.05, 0) is 24.3 Å². The standard InChI is InChI=1S/C14H9ClN2O3/c15-8-4-3-5-9-12(8)13(19)17(14(20)16-9)10-6-1-2-7-11(10)18/h1-7,18H,(H,16,20). The summed E-state index contributed by atoms with van der Waals surface area (Å²) in [7, 11) is 0. The number of phenols is 1. The lowest BCUT2D eigenvalue weighted by Crippen LogP contribution is -2.33. The molecule has 5 nitrogen and oxygen atoms in total. The number of hydrogen-bond acceptors (Lipinski definition) is 3. The van der Waals surface area contributed by atoms with Gasteiger partial charge in [-0.1, -0.05) is 29.8 Å². The molecular formula is C14H9ClN2O3. The van der Waals surface area contributed by atoms with E-state index in [2.05, 4.69) is 4.98 Å². The molecular weight excluding hydrogens is 280 g/mol. The molecule has 3 aromatic rings. The minimum atomic E-state index is -0.633. The van der Waals surface area contributed by atoms with Crippen LogP contribution in [0.3, 0.4) is 0 Å². The summed E-state index contributed by atoms with van der Waals surface area (Å²) < 4.78 is 0.865. The van der Waals surface area contributed by atoms with Crippen LogP contribution in [0.1, 0.15) is 0 Å². The van der Waals surface area contributed by atoms with Gasteiger partial charge < -0.3 is 10.1 Å². The van der Waals surface area contributed by atoms with Crippen LogP contribution >= 0.6 is 11.6 Å². The van der Waals surface area contributed by atoms with Crippen LogP contribution in [-0.2, 0) is 0 Å². The molecule has 3 rings (SSSR count). The number of fused-ring (bicyclic) bond motifs is 1. The molecule has 0 amide bonds. The van der Waals surface area contributed by atoms with Crippen LogP contribution in [0.2, 0.25) is 5.02 Å². The zero-order chi connectivity index (χ0) is 14.3. The van der Waals surface area contributed by atoms with Crippen molar-refractivity contribution in [2.45, 2.75) is 0 Å². The van der Waals surface area contributed by atoms with Crippen molar-refractivity contribution >= 4 is 22.5 Å². The van der Waals surface area contributed by atoms with Crippen molar-refractivity contribution in [3.05, 3.63) is 68.3 Å². The summed E-state index contributed by atoms with van der Waals surface area (Å²) >= 11 is 6.02. The van der Waals surface area contributed by atoms with Gasteiger partial charge in [-0.25, -0.2) is 9.36 Å². The second-order valence-electron chi connectivity index (χ2n) is 4.22. The molecule has 20 heavy (non-hydrogen) atoms. The molecule has 2 aromatic carbocycles. The molecule has 0 atom stereocenters. The summed E-state index contributed by atoms with van der Waals surface area (Å²) in [6.07, 6.45) is 0. The first-order valence-corrected chi connectivity index (χ1v) is 6.19. The van der Waals surface area contributed by atoms with E-state index in [-0.39, 0.29) is 21.8 Å². The maximum atomic E-state index is 12.5. The number of hydrogen-bond donors (Lipinski definition) is 2. The molecule has 0 bridgehead atoms. The number of phenolic OH excluding ortho intramolecular Hbond substituents is 1. The Balaban J connectivity index is 2.50. The minimum absolute atomic E-state index is 0.112. The van der Waals surface area contributed by atoms with E-state index in [0.29, 0.717) is 5.52 Å². The highest BCUT2D eigenvalue weighted by atomic mass is 35.5. The maximum Gasteiger partial charge on any atom is 0.333 e. The number of aromatic amines is 1. The van der Waals surface area contributed by atoms with E-state index in [1.165, 1.54) is 12.1 Å². The molecule has 0 unspecified atom stereocenters. The van der Waals surface area contributed by atoms with E-state index < -0.39 is 11.2 Å². The molecule has 0 aliphatic heterocycles. The van der Waals surface area contributed by atoms with E-state index in [1.807, 2.05) is 0 Å². The SMILES string of the molecule is O=c1[nH]c2cccc(Cl)c2c(=O)n1-c1ccccc1O. The molecule has 0 spiro atoms. The Bertz CT molecular complexity index is 928. The number of halogens is 1. The normalized spacial score (nSPS) is 10.8. The van der Waals surface area contributed by atoms with Crippen LogP contribution in [0, 0.1) is 0 Å². The van der Waals surface area contributed by atoms with Crippen molar-refractivity contribution < 1.29 is 5.11 Å². The lowest BCUT2D eigenvalue weighted by Gasteiger charge is -2.08. The van der Waals surface area contributed by atoms with Gasteiger partial charge in [0.15, 0.2) is 0 Å². The third-order valence-electron chi connectivity index (χ3n) is 3.00. The highest BCUT2D eigenvalue weighted by Crippen LogP contribution is 2.20. The Morgan fingerprint density at radius 2 is 1.80 bits per heavy atom. The first-order chi connectivity index (χ1) is 9.59. The molecule has 0 saturated carbocycles. The monoisotopic (exact) mass is 288 g/mol. The van der Waals surface area contributed by atoms with Crippen LogP contribution in [0.25, 0.3) is 16.6 Å². The summed E-state index contributed by atoms with van der Waals surface area (Å²) in [6.45, 7) is 0. The van der Waals surface area contributed by atoms with Gasteiger partial charge in [-0.2, -0.15) is 0 Å². The highest BCUT2D eigenvalue weighted by molar-refractivity contribution is 6.35. The Labute approximate surface area is 117 Å². The fourth-order valence-corrected chi connectivity index (χ4v) is 2.35. The third kappa shape index (κ3) is 1.80. The largest absolute Gasteiger partial charge is 0.506 e. The number of aromatic nitrogens is 2. The van der Waals surface area contributed by atoms with Gasteiger partial charge in [0.1, 0.15) is 5.75 Å². The van der Waals surface area contributed by atoms with Crippen molar-refractivity contribution in [2.24, 2.45) is 0 Å².